The quantitative estimate of drug-likeness (QED) is 0.762. The number of nitrogens with zero attached hydrogens (tertiary/aromatic N) is 1. The van der Waals surface area contributed by atoms with Crippen LogP contribution in [0.15, 0.2) is 24.5 Å². The van der Waals surface area contributed by atoms with Crippen LogP contribution in [0.4, 0.5) is 0 Å². The molecule has 1 fully saturated rings. The third-order valence-electron chi connectivity index (χ3n) is 3.66. The van der Waals surface area contributed by atoms with Crippen LogP contribution in [-0.2, 0) is 6.42 Å². The van der Waals surface area contributed by atoms with Crippen LogP contribution >= 0.6 is 0 Å². The van der Waals surface area contributed by atoms with E-state index in [4.69, 9.17) is 5.73 Å². The van der Waals surface area contributed by atoms with Crippen molar-refractivity contribution in [1.29, 1.82) is 0 Å². The Balaban J connectivity index is 1.57. The van der Waals surface area contributed by atoms with Gasteiger partial charge in [-0.2, -0.15) is 0 Å². The van der Waals surface area contributed by atoms with E-state index >= 15 is 0 Å². The van der Waals surface area contributed by atoms with E-state index in [1.54, 1.807) is 0 Å². The molecule has 3 nitrogen and oxygen atoms in total. The van der Waals surface area contributed by atoms with Crippen molar-refractivity contribution in [2.45, 2.75) is 38.1 Å². The third-order valence-corrected chi connectivity index (χ3v) is 3.66. The maximum absolute atomic E-state index is 5.90. The second kappa shape index (κ2) is 6.72. The fourth-order valence-corrected chi connectivity index (χ4v) is 2.48. The first-order valence-electron chi connectivity index (χ1n) is 6.70. The molecule has 1 aromatic rings. The van der Waals surface area contributed by atoms with Gasteiger partial charge < -0.3 is 11.1 Å². The Kier molecular flexibility index (Phi) is 4.95. The number of rotatable bonds is 5. The van der Waals surface area contributed by atoms with Crippen molar-refractivity contribution in [3.05, 3.63) is 30.1 Å². The van der Waals surface area contributed by atoms with Gasteiger partial charge in [-0.25, -0.2) is 0 Å². The van der Waals surface area contributed by atoms with Gasteiger partial charge in [-0.15, -0.1) is 0 Å². The van der Waals surface area contributed by atoms with E-state index in [1.807, 2.05) is 12.4 Å². The topological polar surface area (TPSA) is 50.9 Å². The van der Waals surface area contributed by atoms with Crippen molar-refractivity contribution >= 4 is 0 Å². The average molecular weight is 233 g/mol. The smallest absolute Gasteiger partial charge is 0.0270 e. The van der Waals surface area contributed by atoms with Gasteiger partial charge in [0.05, 0.1) is 0 Å². The van der Waals surface area contributed by atoms with Crippen LogP contribution in [-0.4, -0.2) is 24.1 Å². The summed E-state index contributed by atoms with van der Waals surface area (Å²) in [6, 6.07) is 4.63. The lowest BCUT2D eigenvalue weighted by Gasteiger charge is -2.26. The molecule has 1 heterocycles. The van der Waals surface area contributed by atoms with Crippen molar-refractivity contribution in [2.75, 3.05) is 13.1 Å². The van der Waals surface area contributed by atoms with Crippen molar-refractivity contribution in [3.8, 4) is 0 Å². The minimum absolute atomic E-state index is 0.461. The van der Waals surface area contributed by atoms with E-state index in [0.29, 0.717) is 6.04 Å². The summed E-state index contributed by atoms with van der Waals surface area (Å²) < 4.78 is 0. The second-order valence-electron chi connectivity index (χ2n) is 5.09. The standard InChI is InChI=1S/C14H23N3/c15-14-3-1-13(2-4-14)11-17-10-7-12-5-8-16-9-6-12/h5-6,8-9,13-14,17H,1-4,7,10-11,15H2. The monoisotopic (exact) mass is 233 g/mol. The van der Waals surface area contributed by atoms with Gasteiger partial charge in [0.15, 0.2) is 0 Å². The Bertz CT molecular complexity index is 305. The first-order valence-corrected chi connectivity index (χ1v) is 6.70. The molecular formula is C14H23N3. The molecule has 2 rings (SSSR count). The zero-order valence-electron chi connectivity index (χ0n) is 10.4. The molecule has 0 atom stereocenters. The highest BCUT2D eigenvalue weighted by molar-refractivity contribution is 5.09. The van der Waals surface area contributed by atoms with Crippen LogP contribution in [0.5, 0.6) is 0 Å². The lowest BCUT2D eigenvalue weighted by molar-refractivity contribution is 0.315. The van der Waals surface area contributed by atoms with Gasteiger partial charge in [0.1, 0.15) is 0 Å². The van der Waals surface area contributed by atoms with Crippen LogP contribution < -0.4 is 11.1 Å². The van der Waals surface area contributed by atoms with Crippen LogP contribution in [0.2, 0.25) is 0 Å². The third kappa shape index (κ3) is 4.44. The number of nitrogens with two attached hydrogens (primary N) is 1. The Morgan fingerprint density at radius 2 is 1.88 bits per heavy atom. The molecule has 1 aromatic heterocycles. The average Bonchev–Trinajstić information content (AvgIpc) is 2.38. The molecule has 94 valence electrons. The fourth-order valence-electron chi connectivity index (χ4n) is 2.48. The molecule has 0 aliphatic heterocycles. The first-order chi connectivity index (χ1) is 8.34. The second-order valence-corrected chi connectivity index (χ2v) is 5.09. The van der Waals surface area contributed by atoms with Gasteiger partial charge in [-0.1, -0.05) is 0 Å². The van der Waals surface area contributed by atoms with Crippen LogP contribution in [0, 0.1) is 5.92 Å². The Morgan fingerprint density at radius 3 is 2.59 bits per heavy atom. The Hall–Kier alpha value is -0.930. The number of aromatic nitrogens is 1. The molecule has 0 radical (unpaired) electrons. The number of nitrogens with one attached hydrogen (secondary N) is 1. The van der Waals surface area contributed by atoms with Crippen molar-refractivity contribution in [2.24, 2.45) is 11.7 Å². The molecule has 0 spiro atoms. The number of pyridine rings is 1. The molecule has 0 unspecified atom stereocenters. The van der Waals surface area contributed by atoms with Crippen molar-refractivity contribution in [1.82, 2.24) is 10.3 Å². The van der Waals surface area contributed by atoms with E-state index in [1.165, 1.54) is 31.2 Å². The molecule has 1 saturated carbocycles. The largest absolute Gasteiger partial charge is 0.328 e. The Morgan fingerprint density at radius 1 is 1.18 bits per heavy atom. The van der Waals surface area contributed by atoms with Crippen molar-refractivity contribution in [3.63, 3.8) is 0 Å². The van der Waals surface area contributed by atoms with Gasteiger partial charge in [0.2, 0.25) is 0 Å². The maximum atomic E-state index is 5.90. The van der Waals surface area contributed by atoms with E-state index in [9.17, 15) is 0 Å². The molecule has 0 saturated heterocycles. The molecule has 0 bridgehead atoms. The molecule has 0 aromatic carbocycles. The number of hydrogen-bond donors (Lipinski definition) is 2. The van der Waals surface area contributed by atoms with Crippen LogP contribution in [0.3, 0.4) is 0 Å². The van der Waals surface area contributed by atoms with Gasteiger partial charge in [0, 0.05) is 18.4 Å². The van der Waals surface area contributed by atoms with E-state index < -0.39 is 0 Å². The van der Waals surface area contributed by atoms with Gasteiger partial charge in [-0.05, 0) is 68.8 Å². The summed E-state index contributed by atoms with van der Waals surface area (Å²) in [5, 5.41) is 3.56. The molecule has 0 amide bonds. The van der Waals surface area contributed by atoms with Crippen LogP contribution in [0.1, 0.15) is 31.2 Å². The predicted molar refractivity (Wildman–Crippen MR) is 70.7 cm³/mol. The number of hydrogen-bond acceptors (Lipinski definition) is 3. The molecule has 3 N–H and O–H groups in total. The summed E-state index contributed by atoms with van der Waals surface area (Å²) in [7, 11) is 0. The molecule has 1 aliphatic rings. The summed E-state index contributed by atoms with van der Waals surface area (Å²) >= 11 is 0. The molecule has 3 heteroatoms. The van der Waals surface area contributed by atoms with Gasteiger partial charge in [-0.3, -0.25) is 4.98 Å². The minimum Gasteiger partial charge on any atom is -0.328 e. The summed E-state index contributed by atoms with van der Waals surface area (Å²) in [5.41, 5.74) is 7.26. The predicted octanol–water partition coefficient (Wildman–Crippen LogP) is 1.73. The van der Waals surface area contributed by atoms with E-state index in [0.717, 1.165) is 25.4 Å². The highest BCUT2D eigenvalue weighted by atomic mass is 14.9. The van der Waals surface area contributed by atoms with Gasteiger partial charge in [0.25, 0.3) is 0 Å². The van der Waals surface area contributed by atoms with Gasteiger partial charge >= 0.3 is 0 Å². The zero-order chi connectivity index (χ0) is 11.9. The summed E-state index contributed by atoms with van der Waals surface area (Å²) in [6.07, 6.45) is 9.81. The Labute approximate surface area is 104 Å². The lowest BCUT2D eigenvalue weighted by atomic mass is 9.86. The first kappa shape index (κ1) is 12.5. The van der Waals surface area contributed by atoms with E-state index in [2.05, 4.69) is 22.4 Å². The molecule has 17 heavy (non-hydrogen) atoms. The van der Waals surface area contributed by atoms with Crippen LogP contribution in [0.25, 0.3) is 0 Å². The normalized spacial score (nSPS) is 24.8. The SMILES string of the molecule is NC1CCC(CNCCc2ccncc2)CC1. The van der Waals surface area contributed by atoms with E-state index in [-0.39, 0.29) is 0 Å². The minimum atomic E-state index is 0.461. The summed E-state index contributed by atoms with van der Waals surface area (Å²) in [4.78, 5) is 4.02. The fraction of sp³-hybridized carbons (Fsp3) is 0.643. The van der Waals surface area contributed by atoms with Crippen molar-refractivity contribution < 1.29 is 0 Å². The zero-order valence-corrected chi connectivity index (χ0v) is 10.4. The lowest BCUT2D eigenvalue weighted by Crippen LogP contribution is -2.32. The summed E-state index contributed by atoms with van der Waals surface area (Å²) in [5.74, 6) is 0.840. The molecular weight excluding hydrogens is 210 g/mol. The molecule has 1 aliphatic carbocycles. The highest BCUT2D eigenvalue weighted by Gasteiger charge is 2.17. The highest BCUT2D eigenvalue weighted by Crippen LogP contribution is 2.22. The maximum Gasteiger partial charge on any atom is 0.0270 e. The summed E-state index contributed by atoms with van der Waals surface area (Å²) in [6.45, 7) is 2.21.